The average molecular weight is 477 g/mol. The molecule has 11 heteroatoms. The van der Waals surface area contributed by atoms with Gasteiger partial charge >= 0.3 is 0 Å². The fraction of sp³-hybridized carbons (Fsp3) is 0.476. The Hall–Kier alpha value is -2.34. The monoisotopic (exact) mass is 476 g/mol. The zero-order valence-electron chi connectivity index (χ0n) is 18.1. The number of sulfonamides is 1. The third kappa shape index (κ3) is 5.52. The van der Waals surface area contributed by atoms with E-state index in [0.717, 1.165) is 52.0 Å². The lowest BCUT2D eigenvalue weighted by Crippen LogP contribution is -2.28. The number of aliphatic hydroxyl groups excluding tert-OH is 1. The van der Waals surface area contributed by atoms with E-state index in [2.05, 4.69) is 20.3 Å². The molecule has 2 atom stereocenters. The number of aliphatic hydroxyl groups is 1. The highest BCUT2D eigenvalue weighted by Gasteiger charge is 2.26. The summed E-state index contributed by atoms with van der Waals surface area (Å²) in [5.74, 6) is 1.45. The van der Waals surface area contributed by atoms with Crippen molar-refractivity contribution in [2.45, 2.75) is 32.2 Å². The van der Waals surface area contributed by atoms with Gasteiger partial charge in [-0.25, -0.2) is 23.1 Å². The standard InChI is InChI=1S/C21H28N6O3S2/c1-13-18(20-26-16-5-3-4-6-17(16)31-20)19(25-15-8-7-14(11-15)12-28)27-21(24-13)22-9-10-23-32(2,29)30/h3-6,14-15,23,28H,7-12H2,1-2H3,(H2,22,24,25,27)/t14-,15+/m1/s1. The maximum atomic E-state index is 11.3. The molecule has 172 valence electrons. The van der Waals surface area contributed by atoms with Crippen molar-refractivity contribution < 1.29 is 13.5 Å². The Kier molecular flexibility index (Phi) is 6.89. The predicted octanol–water partition coefficient (Wildman–Crippen LogP) is 2.60. The Labute approximate surface area is 191 Å². The van der Waals surface area contributed by atoms with Gasteiger partial charge in [-0.2, -0.15) is 4.98 Å². The van der Waals surface area contributed by atoms with E-state index < -0.39 is 10.0 Å². The number of hydrogen-bond donors (Lipinski definition) is 4. The molecular weight excluding hydrogens is 448 g/mol. The van der Waals surface area contributed by atoms with Gasteiger partial charge in [0.2, 0.25) is 16.0 Å². The summed E-state index contributed by atoms with van der Waals surface area (Å²) >= 11 is 1.60. The zero-order chi connectivity index (χ0) is 22.7. The fourth-order valence-electron chi connectivity index (χ4n) is 3.97. The smallest absolute Gasteiger partial charge is 0.224 e. The summed E-state index contributed by atoms with van der Waals surface area (Å²) in [4.78, 5) is 14.1. The molecule has 0 radical (unpaired) electrons. The molecule has 4 rings (SSSR count). The van der Waals surface area contributed by atoms with Crippen LogP contribution in [0.4, 0.5) is 11.8 Å². The number of rotatable bonds is 9. The van der Waals surface area contributed by atoms with Gasteiger partial charge in [-0.15, -0.1) is 11.3 Å². The lowest BCUT2D eigenvalue weighted by atomic mass is 10.1. The molecule has 0 saturated heterocycles. The maximum absolute atomic E-state index is 11.3. The highest BCUT2D eigenvalue weighted by molar-refractivity contribution is 7.88. The van der Waals surface area contributed by atoms with E-state index in [1.807, 2.05) is 31.2 Å². The van der Waals surface area contributed by atoms with Gasteiger partial charge in [-0.05, 0) is 44.2 Å². The molecule has 2 heterocycles. The van der Waals surface area contributed by atoms with Crippen LogP contribution in [0.25, 0.3) is 20.8 Å². The van der Waals surface area contributed by atoms with Crippen LogP contribution in [0.15, 0.2) is 24.3 Å². The SMILES string of the molecule is Cc1nc(NCCNS(C)(=O)=O)nc(N[C@H]2CC[C@@H](CO)C2)c1-c1nc2ccccc2s1. The summed E-state index contributed by atoms with van der Waals surface area (Å²) in [7, 11) is -3.24. The molecule has 0 spiro atoms. The van der Waals surface area contributed by atoms with Gasteiger partial charge in [0.1, 0.15) is 10.8 Å². The van der Waals surface area contributed by atoms with Gasteiger partial charge in [-0.1, -0.05) is 12.1 Å². The molecule has 4 N–H and O–H groups in total. The number of nitrogens with zero attached hydrogens (tertiary/aromatic N) is 3. The van der Waals surface area contributed by atoms with Crippen LogP contribution in [0, 0.1) is 12.8 Å². The second-order valence-electron chi connectivity index (χ2n) is 8.14. The van der Waals surface area contributed by atoms with Crippen LogP contribution >= 0.6 is 11.3 Å². The van der Waals surface area contributed by atoms with Crippen molar-refractivity contribution in [1.29, 1.82) is 0 Å². The molecule has 1 aliphatic rings. The predicted molar refractivity (Wildman–Crippen MR) is 129 cm³/mol. The number of fused-ring (bicyclic) bond motifs is 1. The van der Waals surface area contributed by atoms with Crippen molar-refractivity contribution in [3.05, 3.63) is 30.0 Å². The fourth-order valence-corrected chi connectivity index (χ4v) is 5.50. The zero-order valence-corrected chi connectivity index (χ0v) is 19.8. The van der Waals surface area contributed by atoms with Crippen molar-refractivity contribution in [2.24, 2.45) is 5.92 Å². The molecule has 32 heavy (non-hydrogen) atoms. The second-order valence-corrected chi connectivity index (χ2v) is 11.0. The molecule has 0 aliphatic heterocycles. The van der Waals surface area contributed by atoms with Crippen LogP contribution < -0.4 is 15.4 Å². The minimum Gasteiger partial charge on any atom is -0.396 e. The molecule has 1 aromatic carbocycles. The first kappa shape index (κ1) is 22.8. The van der Waals surface area contributed by atoms with E-state index in [-0.39, 0.29) is 19.2 Å². The number of para-hydroxylation sites is 1. The Morgan fingerprint density at radius 3 is 2.69 bits per heavy atom. The topological polar surface area (TPSA) is 129 Å². The van der Waals surface area contributed by atoms with E-state index in [4.69, 9.17) is 9.97 Å². The summed E-state index contributed by atoms with van der Waals surface area (Å²) in [6, 6.07) is 8.23. The number of aryl methyl sites for hydroxylation is 1. The summed E-state index contributed by atoms with van der Waals surface area (Å²) < 4.78 is 26.1. The first-order valence-electron chi connectivity index (χ1n) is 10.6. The van der Waals surface area contributed by atoms with Gasteiger partial charge in [-0.3, -0.25) is 0 Å². The van der Waals surface area contributed by atoms with Crippen LogP contribution in [0.5, 0.6) is 0 Å². The lowest BCUT2D eigenvalue weighted by Gasteiger charge is -2.18. The van der Waals surface area contributed by atoms with Crippen LogP contribution in [0.2, 0.25) is 0 Å². The normalized spacial score (nSPS) is 18.8. The highest BCUT2D eigenvalue weighted by Crippen LogP contribution is 2.37. The Balaban J connectivity index is 1.63. The Morgan fingerprint density at radius 2 is 1.97 bits per heavy atom. The van der Waals surface area contributed by atoms with E-state index in [0.29, 0.717) is 24.2 Å². The molecule has 3 aromatic rings. The second kappa shape index (κ2) is 9.65. The Morgan fingerprint density at radius 1 is 1.16 bits per heavy atom. The number of aromatic nitrogens is 3. The molecule has 9 nitrogen and oxygen atoms in total. The molecular formula is C21H28N6O3S2. The largest absolute Gasteiger partial charge is 0.396 e. The molecule has 1 aliphatic carbocycles. The Bertz CT molecular complexity index is 1160. The minimum atomic E-state index is -3.24. The molecule has 0 amide bonds. The van der Waals surface area contributed by atoms with Gasteiger partial charge in [0, 0.05) is 25.7 Å². The molecule has 0 unspecified atom stereocenters. The molecule has 1 fully saturated rings. The van der Waals surface area contributed by atoms with Crippen molar-refractivity contribution >= 4 is 43.3 Å². The minimum absolute atomic E-state index is 0.200. The maximum Gasteiger partial charge on any atom is 0.224 e. The van der Waals surface area contributed by atoms with Crippen LogP contribution in [-0.2, 0) is 10.0 Å². The third-order valence-electron chi connectivity index (χ3n) is 5.51. The molecule has 0 bridgehead atoms. The van der Waals surface area contributed by atoms with Gasteiger partial charge in [0.05, 0.1) is 27.7 Å². The van der Waals surface area contributed by atoms with Crippen molar-refractivity contribution in [3.63, 3.8) is 0 Å². The van der Waals surface area contributed by atoms with E-state index in [1.165, 1.54) is 0 Å². The average Bonchev–Trinajstić information content (AvgIpc) is 3.36. The van der Waals surface area contributed by atoms with Gasteiger partial charge < -0.3 is 15.7 Å². The summed E-state index contributed by atoms with van der Waals surface area (Å²) in [5.41, 5.74) is 2.60. The third-order valence-corrected chi connectivity index (χ3v) is 7.29. The van der Waals surface area contributed by atoms with Crippen LogP contribution in [-0.4, -0.2) is 60.5 Å². The van der Waals surface area contributed by atoms with Gasteiger partial charge in [0.25, 0.3) is 0 Å². The molecule has 1 saturated carbocycles. The first-order valence-corrected chi connectivity index (χ1v) is 13.3. The van der Waals surface area contributed by atoms with Crippen LogP contribution in [0.3, 0.4) is 0 Å². The number of thiazole rings is 1. The number of benzene rings is 1. The highest BCUT2D eigenvalue weighted by atomic mass is 32.2. The lowest BCUT2D eigenvalue weighted by molar-refractivity contribution is 0.229. The van der Waals surface area contributed by atoms with E-state index in [9.17, 15) is 13.5 Å². The number of nitrogens with one attached hydrogen (secondary N) is 3. The first-order chi connectivity index (χ1) is 15.3. The number of anilines is 2. The summed E-state index contributed by atoms with van der Waals surface area (Å²) in [6.45, 7) is 2.73. The van der Waals surface area contributed by atoms with Crippen LogP contribution in [0.1, 0.15) is 25.0 Å². The van der Waals surface area contributed by atoms with Crippen molar-refractivity contribution in [1.82, 2.24) is 19.7 Å². The van der Waals surface area contributed by atoms with Crippen molar-refractivity contribution in [2.75, 3.05) is 36.6 Å². The van der Waals surface area contributed by atoms with E-state index in [1.54, 1.807) is 11.3 Å². The van der Waals surface area contributed by atoms with E-state index >= 15 is 0 Å². The van der Waals surface area contributed by atoms with Crippen molar-refractivity contribution in [3.8, 4) is 10.6 Å². The summed E-state index contributed by atoms with van der Waals surface area (Å²) in [5, 5.41) is 17.0. The number of hydrogen-bond acceptors (Lipinski definition) is 9. The molecule has 2 aromatic heterocycles. The quantitative estimate of drug-likeness (QED) is 0.347. The summed E-state index contributed by atoms with van der Waals surface area (Å²) in [6.07, 6.45) is 3.97. The van der Waals surface area contributed by atoms with Gasteiger partial charge in [0.15, 0.2) is 0 Å².